The molecule has 16 heavy (non-hydrogen) atoms. The molecule has 1 aliphatic carbocycles. The van der Waals surface area contributed by atoms with E-state index in [0.29, 0.717) is 12.6 Å². The highest BCUT2D eigenvalue weighted by Gasteiger charge is 2.27. The molecule has 1 fully saturated rings. The monoisotopic (exact) mass is 234 g/mol. The van der Waals surface area contributed by atoms with Gasteiger partial charge in [-0.3, -0.25) is 0 Å². The summed E-state index contributed by atoms with van der Waals surface area (Å²) in [6, 6.07) is 9.00. The Morgan fingerprint density at radius 1 is 1.38 bits per heavy atom. The molecule has 0 spiro atoms. The molecule has 1 aromatic carbocycles. The number of hydrogen-bond donors (Lipinski definition) is 1. The van der Waals surface area contributed by atoms with Crippen molar-refractivity contribution in [3.63, 3.8) is 0 Å². The van der Waals surface area contributed by atoms with Crippen molar-refractivity contribution >= 4 is 22.5 Å². The Kier molecular flexibility index (Phi) is 2.41. The highest BCUT2D eigenvalue weighted by molar-refractivity contribution is 6.35. The van der Waals surface area contributed by atoms with Crippen LogP contribution >= 0.6 is 11.6 Å². The fourth-order valence-corrected chi connectivity index (χ4v) is 2.60. The van der Waals surface area contributed by atoms with Crippen LogP contribution in [0.4, 0.5) is 0 Å². The van der Waals surface area contributed by atoms with Gasteiger partial charge in [0.1, 0.15) is 0 Å². The summed E-state index contributed by atoms with van der Waals surface area (Å²) < 4.78 is 2.42. The molecule has 84 valence electrons. The minimum Gasteiger partial charge on any atom is -0.341 e. The first-order chi connectivity index (χ1) is 7.81. The van der Waals surface area contributed by atoms with E-state index in [9.17, 15) is 0 Å². The maximum atomic E-state index is 6.22. The molecule has 2 nitrogen and oxygen atoms in total. The molecule has 0 aliphatic heterocycles. The van der Waals surface area contributed by atoms with Crippen molar-refractivity contribution in [3.8, 4) is 0 Å². The van der Waals surface area contributed by atoms with Gasteiger partial charge in [-0.05, 0) is 44.0 Å². The maximum absolute atomic E-state index is 6.22. The quantitative estimate of drug-likeness (QED) is 0.869. The lowest BCUT2D eigenvalue weighted by Gasteiger charge is -2.08. The second-order valence-corrected chi connectivity index (χ2v) is 4.86. The Labute approximate surface area is 100.0 Å². The molecule has 0 saturated heterocycles. The number of hydrogen-bond acceptors (Lipinski definition) is 1. The molecule has 1 saturated carbocycles. The van der Waals surface area contributed by atoms with Crippen LogP contribution in [0, 0.1) is 0 Å². The van der Waals surface area contributed by atoms with E-state index in [1.165, 1.54) is 29.4 Å². The number of rotatable bonds is 3. The normalized spacial score (nSPS) is 15.9. The fourth-order valence-electron chi connectivity index (χ4n) is 2.37. The van der Waals surface area contributed by atoms with Crippen molar-refractivity contribution in [1.82, 2.24) is 4.57 Å². The first kappa shape index (κ1) is 10.2. The zero-order chi connectivity index (χ0) is 11.1. The van der Waals surface area contributed by atoms with Gasteiger partial charge in [-0.1, -0.05) is 17.7 Å². The van der Waals surface area contributed by atoms with Gasteiger partial charge < -0.3 is 10.3 Å². The predicted octanol–water partition coefficient (Wildman–Crippen LogP) is 3.13. The zero-order valence-electron chi connectivity index (χ0n) is 9.12. The van der Waals surface area contributed by atoms with Crippen molar-refractivity contribution in [2.24, 2.45) is 5.73 Å². The third kappa shape index (κ3) is 1.53. The van der Waals surface area contributed by atoms with Crippen LogP contribution in [0.2, 0.25) is 5.02 Å². The van der Waals surface area contributed by atoms with Gasteiger partial charge in [0.05, 0.1) is 0 Å². The topological polar surface area (TPSA) is 30.9 Å². The van der Waals surface area contributed by atoms with Crippen molar-refractivity contribution in [1.29, 1.82) is 0 Å². The molecular weight excluding hydrogens is 220 g/mol. The van der Waals surface area contributed by atoms with Gasteiger partial charge in [-0.2, -0.15) is 0 Å². The lowest BCUT2D eigenvalue weighted by atomic mass is 10.2. The van der Waals surface area contributed by atoms with Crippen LogP contribution in [0.25, 0.3) is 10.9 Å². The Hall–Kier alpha value is -0.990. The average Bonchev–Trinajstić information content (AvgIpc) is 3.02. The summed E-state index contributed by atoms with van der Waals surface area (Å²) in [4.78, 5) is 0. The van der Waals surface area contributed by atoms with Crippen LogP contribution in [0.15, 0.2) is 24.3 Å². The Morgan fingerprint density at radius 3 is 2.88 bits per heavy atom. The summed E-state index contributed by atoms with van der Waals surface area (Å²) in [5, 5.41) is 2.01. The lowest BCUT2D eigenvalue weighted by molar-refractivity contribution is 0.715. The largest absolute Gasteiger partial charge is 0.341 e. The maximum Gasteiger partial charge on any atom is 0.0500 e. The lowest BCUT2D eigenvalue weighted by Crippen LogP contribution is -2.07. The van der Waals surface area contributed by atoms with Crippen LogP contribution in [0.3, 0.4) is 0 Å². The summed E-state index contributed by atoms with van der Waals surface area (Å²) in [7, 11) is 0. The standard InChI is InChI=1S/C13H15ClN2/c14-12-2-1-3-13-11(12)8-10(6-7-15)16(13)9-4-5-9/h1-3,8-9H,4-7,15H2. The van der Waals surface area contributed by atoms with Gasteiger partial charge in [0.25, 0.3) is 0 Å². The third-order valence-electron chi connectivity index (χ3n) is 3.22. The Balaban J connectivity index is 2.24. The van der Waals surface area contributed by atoms with Crippen LogP contribution in [0.5, 0.6) is 0 Å². The van der Waals surface area contributed by atoms with E-state index in [-0.39, 0.29) is 0 Å². The predicted molar refractivity (Wildman–Crippen MR) is 68.0 cm³/mol. The van der Waals surface area contributed by atoms with E-state index in [1.807, 2.05) is 12.1 Å². The molecule has 1 aliphatic rings. The number of fused-ring (bicyclic) bond motifs is 1. The van der Waals surface area contributed by atoms with E-state index in [2.05, 4.69) is 16.7 Å². The van der Waals surface area contributed by atoms with Crippen LogP contribution in [-0.4, -0.2) is 11.1 Å². The minimum atomic E-state index is 0.678. The Morgan fingerprint density at radius 2 is 2.19 bits per heavy atom. The molecule has 2 aromatic rings. The van der Waals surface area contributed by atoms with Crippen molar-refractivity contribution in [2.75, 3.05) is 6.54 Å². The van der Waals surface area contributed by atoms with Crippen LogP contribution < -0.4 is 5.73 Å². The Bertz CT molecular complexity index is 526. The number of nitrogens with two attached hydrogens (primary N) is 1. The molecule has 3 rings (SSSR count). The number of benzene rings is 1. The van der Waals surface area contributed by atoms with E-state index >= 15 is 0 Å². The average molecular weight is 235 g/mol. The van der Waals surface area contributed by atoms with E-state index in [4.69, 9.17) is 17.3 Å². The van der Waals surface area contributed by atoms with E-state index < -0.39 is 0 Å². The molecule has 3 heteroatoms. The van der Waals surface area contributed by atoms with Gasteiger partial charge in [-0.25, -0.2) is 0 Å². The van der Waals surface area contributed by atoms with Gasteiger partial charge in [0.2, 0.25) is 0 Å². The molecular formula is C13H15ClN2. The summed E-state index contributed by atoms with van der Waals surface area (Å²) in [5.74, 6) is 0. The van der Waals surface area contributed by atoms with Gasteiger partial charge in [0.15, 0.2) is 0 Å². The van der Waals surface area contributed by atoms with E-state index in [0.717, 1.165) is 11.4 Å². The second-order valence-electron chi connectivity index (χ2n) is 4.45. The zero-order valence-corrected chi connectivity index (χ0v) is 9.87. The summed E-state index contributed by atoms with van der Waals surface area (Å²) in [6.45, 7) is 0.695. The number of aromatic nitrogens is 1. The van der Waals surface area contributed by atoms with Crippen LogP contribution in [0.1, 0.15) is 24.6 Å². The highest BCUT2D eigenvalue weighted by atomic mass is 35.5. The van der Waals surface area contributed by atoms with Crippen LogP contribution in [-0.2, 0) is 6.42 Å². The molecule has 1 heterocycles. The van der Waals surface area contributed by atoms with E-state index in [1.54, 1.807) is 0 Å². The molecule has 0 atom stereocenters. The third-order valence-corrected chi connectivity index (χ3v) is 3.55. The second kappa shape index (κ2) is 3.79. The first-order valence-electron chi connectivity index (χ1n) is 5.79. The van der Waals surface area contributed by atoms with Gasteiger partial charge >= 0.3 is 0 Å². The molecule has 1 aromatic heterocycles. The number of nitrogens with zero attached hydrogens (tertiary/aromatic N) is 1. The number of halogens is 1. The first-order valence-corrected chi connectivity index (χ1v) is 6.17. The highest BCUT2D eigenvalue weighted by Crippen LogP contribution is 2.40. The fraction of sp³-hybridized carbons (Fsp3) is 0.385. The molecule has 0 unspecified atom stereocenters. The molecule has 0 amide bonds. The summed E-state index contributed by atoms with van der Waals surface area (Å²) in [5.41, 5.74) is 8.25. The van der Waals surface area contributed by atoms with Gasteiger partial charge in [-0.15, -0.1) is 0 Å². The summed E-state index contributed by atoms with van der Waals surface area (Å²) >= 11 is 6.22. The molecule has 2 N–H and O–H groups in total. The van der Waals surface area contributed by atoms with Crippen molar-refractivity contribution in [3.05, 3.63) is 35.0 Å². The van der Waals surface area contributed by atoms with Gasteiger partial charge in [0, 0.05) is 27.7 Å². The summed E-state index contributed by atoms with van der Waals surface area (Å²) in [6.07, 6.45) is 3.50. The molecule has 0 bridgehead atoms. The smallest absolute Gasteiger partial charge is 0.0500 e. The SMILES string of the molecule is NCCc1cc2c(Cl)cccc2n1C1CC1. The molecule has 0 radical (unpaired) electrons. The van der Waals surface area contributed by atoms with Crippen molar-refractivity contribution < 1.29 is 0 Å². The minimum absolute atomic E-state index is 0.678. The van der Waals surface area contributed by atoms with Crippen molar-refractivity contribution in [2.45, 2.75) is 25.3 Å².